The summed E-state index contributed by atoms with van der Waals surface area (Å²) in [5, 5.41) is 0. The van der Waals surface area contributed by atoms with Crippen LogP contribution in [-0.2, 0) is 10.2 Å². The molecule has 1 aliphatic heterocycles. The zero-order chi connectivity index (χ0) is 11.9. The minimum atomic E-state index is -0.0638. The minimum Gasteiger partial charge on any atom is -0.480 e. The molecule has 0 aromatic carbocycles. The summed E-state index contributed by atoms with van der Waals surface area (Å²) in [7, 11) is 1.73. The zero-order valence-corrected chi connectivity index (χ0v) is 10.1. The van der Waals surface area contributed by atoms with Crippen molar-refractivity contribution < 1.29 is 9.53 Å². The van der Waals surface area contributed by atoms with Crippen molar-refractivity contribution in [1.82, 2.24) is 4.98 Å². The molecule has 0 bridgehead atoms. The number of ether oxygens (including phenoxy) is 1. The summed E-state index contributed by atoms with van der Waals surface area (Å²) >= 11 is 0. The number of carbonyl (C=O) groups is 1. The van der Waals surface area contributed by atoms with Crippen LogP contribution in [0.5, 0.6) is 5.75 Å². The molecule has 1 aromatic heterocycles. The molecule has 16 heavy (non-hydrogen) atoms. The van der Waals surface area contributed by atoms with Crippen molar-refractivity contribution in [2.24, 2.45) is 0 Å². The topological polar surface area (TPSA) is 42.4 Å². The highest BCUT2D eigenvalue weighted by atomic mass is 16.5. The van der Waals surface area contributed by atoms with Crippen molar-refractivity contribution in [3.05, 3.63) is 17.8 Å². The Morgan fingerprint density at radius 1 is 1.38 bits per heavy atom. The van der Waals surface area contributed by atoms with Crippen LogP contribution in [0.3, 0.4) is 0 Å². The van der Waals surface area contributed by atoms with Crippen LogP contribution in [0.2, 0.25) is 0 Å². The van der Waals surface area contributed by atoms with E-state index >= 15 is 0 Å². The maximum atomic E-state index is 11.5. The molecule has 0 saturated heterocycles. The van der Waals surface area contributed by atoms with Crippen LogP contribution in [0, 0.1) is 0 Å². The molecule has 4 heteroatoms. The van der Waals surface area contributed by atoms with Crippen LogP contribution in [0.25, 0.3) is 0 Å². The fraction of sp³-hybridized carbons (Fsp3) is 0.500. The van der Waals surface area contributed by atoms with E-state index in [1.54, 1.807) is 11.9 Å². The third-order valence-electron chi connectivity index (χ3n) is 2.65. The number of rotatable bonds is 0. The van der Waals surface area contributed by atoms with Gasteiger partial charge in [0.15, 0.2) is 18.2 Å². The Hall–Kier alpha value is -1.58. The Balaban J connectivity index is 2.48. The van der Waals surface area contributed by atoms with E-state index in [1.165, 1.54) is 0 Å². The fourth-order valence-corrected chi connectivity index (χ4v) is 1.56. The number of carbonyl (C=O) groups excluding carboxylic acids is 1. The third-order valence-corrected chi connectivity index (χ3v) is 2.65. The molecule has 1 aromatic rings. The first kappa shape index (κ1) is 10.9. The lowest BCUT2D eigenvalue weighted by molar-refractivity contribution is -0.121. The summed E-state index contributed by atoms with van der Waals surface area (Å²) in [4.78, 5) is 17.5. The molecule has 0 aliphatic carbocycles. The van der Waals surface area contributed by atoms with Gasteiger partial charge in [-0.15, -0.1) is 0 Å². The van der Waals surface area contributed by atoms with Crippen molar-refractivity contribution in [3.63, 3.8) is 0 Å². The highest BCUT2D eigenvalue weighted by Crippen LogP contribution is 2.32. The summed E-state index contributed by atoms with van der Waals surface area (Å²) in [5.74, 6) is 1.23. The quantitative estimate of drug-likeness (QED) is 0.668. The Morgan fingerprint density at radius 3 is 2.69 bits per heavy atom. The van der Waals surface area contributed by atoms with Crippen LogP contribution < -0.4 is 9.64 Å². The van der Waals surface area contributed by atoms with Gasteiger partial charge >= 0.3 is 0 Å². The van der Waals surface area contributed by atoms with Crippen LogP contribution >= 0.6 is 0 Å². The molecule has 0 radical (unpaired) electrons. The standard InChI is InChI=1S/C12H16N2O2/c1-12(2,3)9-6-5-8-11(13-9)14(4)10(15)7-16-8/h5-6H,7H2,1-4H3. The molecular formula is C12H16N2O2. The normalized spacial score (nSPS) is 15.8. The van der Waals surface area contributed by atoms with Gasteiger partial charge in [-0.2, -0.15) is 0 Å². The number of fused-ring (bicyclic) bond motifs is 1. The zero-order valence-electron chi connectivity index (χ0n) is 10.1. The molecular weight excluding hydrogens is 204 g/mol. The molecule has 0 fully saturated rings. The molecule has 86 valence electrons. The van der Waals surface area contributed by atoms with Crippen LogP contribution in [0.15, 0.2) is 12.1 Å². The van der Waals surface area contributed by atoms with Crippen LogP contribution in [0.4, 0.5) is 5.82 Å². The molecule has 0 saturated carbocycles. The average molecular weight is 220 g/mol. The van der Waals surface area contributed by atoms with E-state index in [0.717, 1.165) is 5.69 Å². The van der Waals surface area contributed by atoms with Crippen molar-refractivity contribution in [2.75, 3.05) is 18.6 Å². The number of pyridine rings is 1. The second kappa shape index (κ2) is 3.47. The molecule has 1 aliphatic rings. The lowest BCUT2D eigenvalue weighted by Gasteiger charge is -2.27. The van der Waals surface area contributed by atoms with Gasteiger partial charge in [0.2, 0.25) is 0 Å². The van der Waals surface area contributed by atoms with Gasteiger partial charge in [-0.1, -0.05) is 20.8 Å². The number of hydrogen-bond donors (Lipinski definition) is 0. The van der Waals surface area contributed by atoms with Gasteiger partial charge in [0.1, 0.15) is 0 Å². The number of aromatic nitrogens is 1. The highest BCUT2D eigenvalue weighted by Gasteiger charge is 2.26. The monoisotopic (exact) mass is 220 g/mol. The molecule has 4 nitrogen and oxygen atoms in total. The maximum absolute atomic E-state index is 11.5. The SMILES string of the molecule is CN1C(=O)COc2ccc(C(C)(C)C)nc21. The Bertz CT molecular complexity index is 435. The van der Waals surface area contributed by atoms with Gasteiger partial charge in [0.25, 0.3) is 5.91 Å². The lowest BCUT2D eigenvalue weighted by Crippen LogP contribution is -2.36. The summed E-state index contributed by atoms with van der Waals surface area (Å²) in [6.45, 7) is 6.37. The van der Waals surface area contributed by atoms with Gasteiger partial charge in [-0.3, -0.25) is 9.69 Å². The van der Waals surface area contributed by atoms with Gasteiger partial charge in [0.05, 0.1) is 0 Å². The van der Waals surface area contributed by atoms with Crippen molar-refractivity contribution in [3.8, 4) is 5.75 Å². The summed E-state index contributed by atoms with van der Waals surface area (Å²) < 4.78 is 5.32. The predicted molar refractivity (Wildman–Crippen MR) is 61.8 cm³/mol. The number of nitrogens with zero attached hydrogens (tertiary/aromatic N) is 2. The molecule has 1 amide bonds. The molecule has 0 unspecified atom stereocenters. The molecule has 0 N–H and O–H groups in total. The van der Waals surface area contributed by atoms with E-state index in [2.05, 4.69) is 25.8 Å². The van der Waals surface area contributed by atoms with E-state index in [4.69, 9.17) is 4.74 Å². The van der Waals surface area contributed by atoms with Gasteiger partial charge in [-0.25, -0.2) is 4.98 Å². The highest BCUT2D eigenvalue weighted by molar-refractivity contribution is 5.96. The van der Waals surface area contributed by atoms with E-state index in [0.29, 0.717) is 11.6 Å². The molecule has 0 spiro atoms. The number of likely N-dealkylation sites (N-methyl/N-ethyl adjacent to an activating group) is 1. The first-order valence-electron chi connectivity index (χ1n) is 5.30. The van der Waals surface area contributed by atoms with Crippen LogP contribution in [-0.4, -0.2) is 24.5 Å². The maximum Gasteiger partial charge on any atom is 0.265 e. The number of amides is 1. The summed E-state index contributed by atoms with van der Waals surface area (Å²) in [6.07, 6.45) is 0. The van der Waals surface area contributed by atoms with E-state index in [-0.39, 0.29) is 17.9 Å². The lowest BCUT2D eigenvalue weighted by atomic mass is 9.91. The fourth-order valence-electron chi connectivity index (χ4n) is 1.56. The van der Waals surface area contributed by atoms with Crippen molar-refractivity contribution in [1.29, 1.82) is 0 Å². The van der Waals surface area contributed by atoms with Crippen LogP contribution in [0.1, 0.15) is 26.5 Å². The van der Waals surface area contributed by atoms with Crippen molar-refractivity contribution in [2.45, 2.75) is 26.2 Å². The Labute approximate surface area is 95.2 Å². The first-order chi connectivity index (χ1) is 7.39. The van der Waals surface area contributed by atoms with Gasteiger partial charge in [-0.05, 0) is 12.1 Å². The Morgan fingerprint density at radius 2 is 2.06 bits per heavy atom. The molecule has 2 rings (SSSR count). The van der Waals surface area contributed by atoms with Gasteiger partial charge < -0.3 is 4.74 Å². The summed E-state index contributed by atoms with van der Waals surface area (Å²) in [6, 6.07) is 3.83. The van der Waals surface area contributed by atoms with E-state index in [9.17, 15) is 4.79 Å². The second-order valence-corrected chi connectivity index (χ2v) is 5.01. The second-order valence-electron chi connectivity index (χ2n) is 5.01. The first-order valence-corrected chi connectivity index (χ1v) is 5.30. The number of anilines is 1. The van der Waals surface area contributed by atoms with E-state index < -0.39 is 0 Å². The van der Waals surface area contributed by atoms with E-state index in [1.807, 2.05) is 12.1 Å². The third kappa shape index (κ3) is 1.75. The summed E-state index contributed by atoms with van der Waals surface area (Å²) in [5.41, 5.74) is 0.924. The van der Waals surface area contributed by atoms with Gasteiger partial charge in [0, 0.05) is 18.2 Å². The largest absolute Gasteiger partial charge is 0.480 e. The Kier molecular flexibility index (Phi) is 2.37. The smallest absolute Gasteiger partial charge is 0.265 e. The van der Waals surface area contributed by atoms with Crippen molar-refractivity contribution >= 4 is 11.7 Å². The average Bonchev–Trinajstić information content (AvgIpc) is 2.22. The molecule has 2 heterocycles. The predicted octanol–water partition coefficient (Wildman–Crippen LogP) is 1.73. The minimum absolute atomic E-state index is 0.0314. The number of hydrogen-bond acceptors (Lipinski definition) is 3. The molecule has 0 atom stereocenters.